The molecule has 1 aliphatic carbocycles. The first kappa shape index (κ1) is 27.8. The first-order chi connectivity index (χ1) is 19.8. The molecule has 0 radical (unpaired) electrons. The Bertz CT molecular complexity index is 1450. The van der Waals surface area contributed by atoms with Crippen molar-refractivity contribution >= 4 is 22.8 Å². The molecule has 1 aromatic heterocycles. The molecule has 3 aliphatic rings. The lowest BCUT2D eigenvalue weighted by Crippen LogP contribution is -2.63. The van der Waals surface area contributed by atoms with E-state index in [0.717, 1.165) is 42.8 Å². The lowest BCUT2D eigenvalue weighted by Gasteiger charge is -2.58. The number of ether oxygens (including phenoxy) is 4. The molecule has 2 fully saturated rings. The van der Waals surface area contributed by atoms with Gasteiger partial charge in [0.2, 0.25) is 0 Å². The Morgan fingerprint density at radius 1 is 1.12 bits per heavy atom. The average molecular weight is 562 g/mol. The van der Waals surface area contributed by atoms with E-state index in [1.165, 1.54) is 23.8 Å². The maximum Gasteiger partial charge on any atom is 0.338 e. The summed E-state index contributed by atoms with van der Waals surface area (Å²) in [7, 11) is 4.68. The summed E-state index contributed by atoms with van der Waals surface area (Å²) in [6.45, 7) is 4.31. The first-order valence-corrected chi connectivity index (χ1v) is 14.3. The number of H-pyrrole nitrogens is 1. The van der Waals surface area contributed by atoms with Gasteiger partial charge in [-0.05, 0) is 66.0 Å². The Labute approximate surface area is 240 Å². The molecule has 0 bridgehead atoms. The van der Waals surface area contributed by atoms with E-state index >= 15 is 0 Å². The highest BCUT2D eigenvalue weighted by Gasteiger charge is 2.60. The molecule has 6 atom stereocenters. The molecule has 3 heterocycles. The maximum atomic E-state index is 13.5. The quantitative estimate of drug-likeness (QED) is 0.434. The summed E-state index contributed by atoms with van der Waals surface area (Å²) in [5, 5.41) is 1.22. The number of fused-ring (bicyclic) bond motifs is 6. The number of esters is 2. The lowest BCUT2D eigenvalue weighted by atomic mass is 9.54. The molecule has 218 valence electrons. The van der Waals surface area contributed by atoms with Crippen molar-refractivity contribution < 1.29 is 28.5 Å². The summed E-state index contributed by atoms with van der Waals surface area (Å²) in [6, 6.07) is 13.4. The first-order valence-electron chi connectivity index (χ1n) is 14.3. The molecule has 3 N–H and O–H groups in total. The molecule has 0 amide bonds. The Morgan fingerprint density at radius 2 is 1.90 bits per heavy atom. The monoisotopic (exact) mass is 561 g/mol. The number of rotatable bonds is 6. The third kappa shape index (κ3) is 4.60. The Kier molecular flexibility index (Phi) is 7.30. The second-order valence-electron chi connectivity index (χ2n) is 11.9. The van der Waals surface area contributed by atoms with E-state index in [1.54, 1.807) is 26.4 Å². The van der Waals surface area contributed by atoms with Gasteiger partial charge in [-0.1, -0.05) is 19.1 Å². The summed E-state index contributed by atoms with van der Waals surface area (Å²) in [4.78, 5) is 32.9. The molecule has 9 heteroatoms. The number of methoxy groups -OCH3 is 3. The number of nitrogens with zero attached hydrogens (tertiary/aromatic N) is 1. The number of nitrogens with one attached hydrogen (secondary N) is 1. The Balaban J connectivity index is 1.32. The fourth-order valence-electron chi connectivity index (χ4n) is 7.70. The van der Waals surface area contributed by atoms with Crippen LogP contribution in [0, 0.1) is 17.3 Å². The van der Waals surface area contributed by atoms with Gasteiger partial charge in [0.25, 0.3) is 0 Å². The van der Waals surface area contributed by atoms with Crippen molar-refractivity contribution in [3.05, 3.63) is 64.8 Å². The number of aromatic amines is 1. The highest BCUT2D eigenvalue weighted by molar-refractivity contribution is 5.89. The Hall–Kier alpha value is -3.40. The fourth-order valence-corrected chi connectivity index (χ4v) is 7.70. The Morgan fingerprint density at radius 3 is 2.59 bits per heavy atom. The van der Waals surface area contributed by atoms with Gasteiger partial charge in [0.05, 0.1) is 31.7 Å². The minimum Gasteiger partial charge on any atom is -0.497 e. The third-order valence-corrected chi connectivity index (χ3v) is 9.92. The van der Waals surface area contributed by atoms with Crippen LogP contribution < -0.4 is 10.5 Å². The van der Waals surface area contributed by atoms with Crippen LogP contribution in [0.1, 0.15) is 53.0 Å². The third-order valence-electron chi connectivity index (χ3n) is 9.92. The van der Waals surface area contributed by atoms with Crippen molar-refractivity contribution in [1.82, 2.24) is 9.88 Å². The van der Waals surface area contributed by atoms with Crippen molar-refractivity contribution in [2.24, 2.45) is 23.0 Å². The molecular weight excluding hydrogens is 522 g/mol. The van der Waals surface area contributed by atoms with Gasteiger partial charge in [-0.2, -0.15) is 0 Å². The molecule has 3 aromatic rings. The number of piperidine rings is 1. The van der Waals surface area contributed by atoms with Gasteiger partial charge < -0.3 is 29.7 Å². The van der Waals surface area contributed by atoms with Crippen LogP contribution in [0.2, 0.25) is 0 Å². The van der Waals surface area contributed by atoms with Crippen LogP contribution in [0.5, 0.6) is 5.75 Å². The molecule has 1 saturated heterocycles. The van der Waals surface area contributed by atoms with Crippen LogP contribution >= 0.6 is 0 Å². The molecule has 1 saturated carbocycles. The van der Waals surface area contributed by atoms with Gasteiger partial charge >= 0.3 is 11.9 Å². The number of aromatic nitrogens is 1. The SMILES string of the molecule is COC(=O)C1C(OC)C(OC(=O)c2ccc(CN)cc2)CC2CN3CCc4c([nH]c5cc(OC)ccc45)C3CC21C. The smallest absolute Gasteiger partial charge is 0.338 e. The number of benzene rings is 2. The van der Waals surface area contributed by atoms with Crippen molar-refractivity contribution in [2.45, 2.75) is 51.0 Å². The van der Waals surface area contributed by atoms with Crippen LogP contribution in [0.3, 0.4) is 0 Å². The number of hydrogen-bond acceptors (Lipinski definition) is 8. The molecule has 41 heavy (non-hydrogen) atoms. The summed E-state index contributed by atoms with van der Waals surface area (Å²) in [5.74, 6) is -0.426. The molecule has 2 aliphatic heterocycles. The molecular formula is C32H39N3O6. The van der Waals surface area contributed by atoms with Crippen LogP contribution in [0.4, 0.5) is 0 Å². The minimum absolute atomic E-state index is 0.109. The van der Waals surface area contributed by atoms with Gasteiger partial charge in [0, 0.05) is 49.4 Å². The highest BCUT2D eigenvalue weighted by Crippen LogP contribution is 2.57. The number of carbonyl (C=O) groups is 2. The zero-order valence-corrected chi connectivity index (χ0v) is 24.1. The molecule has 9 nitrogen and oxygen atoms in total. The predicted octanol–water partition coefficient (Wildman–Crippen LogP) is 3.99. The second-order valence-corrected chi connectivity index (χ2v) is 11.9. The van der Waals surface area contributed by atoms with Gasteiger partial charge in [0.15, 0.2) is 0 Å². The van der Waals surface area contributed by atoms with E-state index in [9.17, 15) is 9.59 Å². The van der Waals surface area contributed by atoms with Crippen molar-refractivity contribution in [3.8, 4) is 5.75 Å². The molecule has 0 spiro atoms. The lowest BCUT2D eigenvalue weighted by molar-refractivity contribution is -0.196. The summed E-state index contributed by atoms with van der Waals surface area (Å²) in [6.07, 6.45) is 1.10. The van der Waals surface area contributed by atoms with Crippen molar-refractivity contribution in [3.63, 3.8) is 0 Å². The molecule has 2 aromatic carbocycles. The fraction of sp³-hybridized carbons (Fsp3) is 0.500. The zero-order valence-electron chi connectivity index (χ0n) is 24.1. The summed E-state index contributed by atoms with van der Waals surface area (Å²) < 4.78 is 22.9. The largest absolute Gasteiger partial charge is 0.497 e. The molecule has 6 unspecified atom stereocenters. The van der Waals surface area contributed by atoms with E-state index < -0.39 is 29.5 Å². The average Bonchev–Trinajstić information content (AvgIpc) is 3.37. The van der Waals surface area contributed by atoms with Gasteiger partial charge in [-0.15, -0.1) is 0 Å². The number of carbonyl (C=O) groups excluding carboxylic acids is 2. The molecule has 6 rings (SSSR count). The van der Waals surface area contributed by atoms with Crippen LogP contribution in [0.15, 0.2) is 42.5 Å². The summed E-state index contributed by atoms with van der Waals surface area (Å²) in [5.41, 5.74) is 10.3. The standard InChI is InChI=1S/C32H39N3O6/c1-32-15-25-28-23(22-10-9-21(38-2)14-24(22)34-28)11-12-35(25)17-20(32)13-26(29(39-3)27(32)31(37)40-4)41-30(36)19-7-5-18(16-33)6-8-19/h5-10,14,20,25-27,29,34H,11-13,15-17,33H2,1-4H3. The predicted molar refractivity (Wildman–Crippen MR) is 154 cm³/mol. The topological polar surface area (TPSA) is 116 Å². The minimum atomic E-state index is -0.627. The maximum absolute atomic E-state index is 13.5. The van der Waals surface area contributed by atoms with E-state index in [0.29, 0.717) is 18.5 Å². The van der Waals surface area contributed by atoms with Crippen LogP contribution in [-0.2, 0) is 32.0 Å². The van der Waals surface area contributed by atoms with Gasteiger partial charge in [-0.25, -0.2) is 4.79 Å². The van der Waals surface area contributed by atoms with Gasteiger partial charge in [0.1, 0.15) is 18.0 Å². The number of nitrogens with two attached hydrogens (primary N) is 1. The van der Waals surface area contributed by atoms with Crippen molar-refractivity contribution in [2.75, 3.05) is 34.4 Å². The van der Waals surface area contributed by atoms with E-state index in [-0.39, 0.29) is 17.9 Å². The number of hydrogen-bond donors (Lipinski definition) is 2. The normalized spacial score (nSPS) is 29.2. The van der Waals surface area contributed by atoms with Crippen LogP contribution in [-0.4, -0.2) is 68.4 Å². The van der Waals surface area contributed by atoms with Crippen molar-refractivity contribution in [1.29, 1.82) is 0 Å². The van der Waals surface area contributed by atoms with Crippen LogP contribution in [0.25, 0.3) is 10.9 Å². The second kappa shape index (κ2) is 10.8. The highest BCUT2D eigenvalue weighted by atomic mass is 16.6. The van der Waals surface area contributed by atoms with Gasteiger partial charge in [-0.3, -0.25) is 9.69 Å². The zero-order chi connectivity index (χ0) is 28.9. The summed E-state index contributed by atoms with van der Waals surface area (Å²) >= 11 is 0. The van der Waals surface area contributed by atoms with E-state index in [4.69, 9.17) is 24.7 Å². The van der Waals surface area contributed by atoms with E-state index in [2.05, 4.69) is 22.9 Å². The van der Waals surface area contributed by atoms with E-state index in [1.807, 2.05) is 24.3 Å².